The van der Waals surface area contributed by atoms with Gasteiger partial charge in [-0.25, -0.2) is 9.97 Å². The van der Waals surface area contributed by atoms with Crippen molar-refractivity contribution in [2.45, 2.75) is 6.10 Å². The number of pyridine rings is 1. The largest absolute Gasteiger partial charge is 0.507 e. The first kappa shape index (κ1) is 18.1. The van der Waals surface area contributed by atoms with Gasteiger partial charge in [0, 0.05) is 53.9 Å². The number of fused-ring (bicyclic) bond motifs is 1. The van der Waals surface area contributed by atoms with E-state index < -0.39 is 6.10 Å². The molecular weight excluding hydrogens is 376 g/mol. The maximum Gasteiger partial charge on any atom is 0.142 e. The summed E-state index contributed by atoms with van der Waals surface area (Å²) in [4.78, 5) is 12.0. The highest BCUT2D eigenvalue weighted by molar-refractivity contribution is 5.97. The summed E-state index contributed by atoms with van der Waals surface area (Å²) in [5.41, 5.74) is 5.02. The Labute approximate surface area is 173 Å². The van der Waals surface area contributed by atoms with Gasteiger partial charge in [-0.1, -0.05) is 36.4 Å². The predicted octanol–water partition coefficient (Wildman–Crippen LogP) is 4.42. The van der Waals surface area contributed by atoms with Gasteiger partial charge in [-0.05, 0) is 29.3 Å². The van der Waals surface area contributed by atoms with E-state index in [1.165, 1.54) is 0 Å². The van der Waals surface area contributed by atoms with Crippen molar-refractivity contribution in [3.05, 3.63) is 90.8 Å². The van der Waals surface area contributed by atoms with Crippen LogP contribution in [0.3, 0.4) is 0 Å². The van der Waals surface area contributed by atoms with Crippen LogP contribution in [0.5, 0.6) is 5.75 Å². The summed E-state index contributed by atoms with van der Waals surface area (Å²) in [6.45, 7) is 0. The summed E-state index contributed by atoms with van der Waals surface area (Å²) >= 11 is 0. The molecule has 1 atom stereocenters. The molecule has 0 bridgehead atoms. The summed E-state index contributed by atoms with van der Waals surface area (Å²) < 4.78 is 1.81. The Morgan fingerprint density at radius 1 is 0.967 bits per heavy atom. The molecule has 0 spiro atoms. The van der Waals surface area contributed by atoms with Gasteiger partial charge < -0.3 is 19.8 Å². The molecule has 0 amide bonds. The average molecular weight is 396 g/mol. The number of rotatable bonds is 4. The van der Waals surface area contributed by atoms with E-state index >= 15 is 0 Å². The SMILES string of the molecule is Cn1ccnc1C(O)c1cccc(-c2cnc3[nH]cc(-c4ccccc4O)c3c2)c1. The van der Waals surface area contributed by atoms with Crippen LogP contribution in [-0.2, 0) is 7.05 Å². The van der Waals surface area contributed by atoms with Crippen LogP contribution in [0.2, 0.25) is 0 Å². The van der Waals surface area contributed by atoms with E-state index in [2.05, 4.69) is 15.0 Å². The summed E-state index contributed by atoms with van der Waals surface area (Å²) in [6.07, 6.45) is 6.34. The Bertz CT molecular complexity index is 1350. The van der Waals surface area contributed by atoms with Crippen LogP contribution in [0.25, 0.3) is 33.3 Å². The molecule has 3 N–H and O–H groups in total. The van der Waals surface area contributed by atoms with Crippen molar-refractivity contribution in [3.63, 3.8) is 0 Å². The second-order valence-corrected chi connectivity index (χ2v) is 7.26. The third kappa shape index (κ3) is 3.03. The Morgan fingerprint density at radius 3 is 2.63 bits per heavy atom. The zero-order chi connectivity index (χ0) is 20.7. The van der Waals surface area contributed by atoms with Gasteiger partial charge >= 0.3 is 0 Å². The lowest BCUT2D eigenvalue weighted by atomic mass is 9.99. The number of nitrogens with one attached hydrogen (secondary N) is 1. The molecule has 6 nitrogen and oxygen atoms in total. The van der Waals surface area contributed by atoms with E-state index in [9.17, 15) is 10.2 Å². The number of aromatic nitrogens is 4. The summed E-state index contributed by atoms with van der Waals surface area (Å²) in [5.74, 6) is 0.817. The first-order chi connectivity index (χ1) is 14.6. The monoisotopic (exact) mass is 396 g/mol. The van der Waals surface area contributed by atoms with Crippen LogP contribution in [0, 0.1) is 0 Å². The number of aryl methyl sites for hydroxylation is 1. The first-order valence-corrected chi connectivity index (χ1v) is 9.63. The quantitative estimate of drug-likeness (QED) is 0.420. The standard InChI is InChI=1S/C24H20N4O2/c1-28-10-9-25-24(28)22(30)16-6-4-5-15(11-16)17-12-19-20(14-27-23(19)26-13-17)18-7-2-3-8-21(18)29/h2-14,22,29-30H,1H3,(H,26,27). The molecule has 0 aliphatic carbocycles. The van der Waals surface area contributed by atoms with E-state index in [4.69, 9.17) is 0 Å². The fraction of sp³-hybridized carbons (Fsp3) is 0.0833. The Kier molecular flexibility index (Phi) is 4.34. The van der Waals surface area contributed by atoms with Gasteiger partial charge in [0.15, 0.2) is 0 Å². The molecule has 3 heterocycles. The number of benzene rings is 2. The van der Waals surface area contributed by atoms with Crippen molar-refractivity contribution >= 4 is 11.0 Å². The lowest BCUT2D eigenvalue weighted by molar-refractivity contribution is 0.206. The van der Waals surface area contributed by atoms with Crippen molar-refractivity contribution in [2.24, 2.45) is 7.05 Å². The molecule has 0 aliphatic heterocycles. The highest BCUT2D eigenvalue weighted by atomic mass is 16.3. The number of phenolic OH excluding ortho intramolecular Hbond substituents is 1. The molecule has 0 radical (unpaired) electrons. The minimum atomic E-state index is -0.814. The highest BCUT2D eigenvalue weighted by Gasteiger charge is 2.16. The molecule has 0 saturated heterocycles. The average Bonchev–Trinajstić information content (AvgIpc) is 3.39. The number of nitrogens with zero attached hydrogens (tertiary/aromatic N) is 3. The molecule has 148 valence electrons. The lowest BCUT2D eigenvalue weighted by Crippen LogP contribution is -2.06. The van der Waals surface area contributed by atoms with Gasteiger partial charge in [-0.3, -0.25) is 0 Å². The molecule has 30 heavy (non-hydrogen) atoms. The predicted molar refractivity (Wildman–Crippen MR) is 116 cm³/mol. The molecule has 2 aromatic carbocycles. The zero-order valence-corrected chi connectivity index (χ0v) is 16.3. The number of hydrogen-bond donors (Lipinski definition) is 3. The fourth-order valence-electron chi connectivity index (χ4n) is 3.76. The van der Waals surface area contributed by atoms with E-state index in [1.54, 1.807) is 24.5 Å². The molecule has 5 rings (SSSR count). The fourth-order valence-corrected chi connectivity index (χ4v) is 3.76. The molecule has 5 aromatic rings. The number of hydrogen-bond acceptors (Lipinski definition) is 4. The van der Waals surface area contributed by atoms with Crippen LogP contribution in [0.15, 0.2) is 79.4 Å². The van der Waals surface area contributed by atoms with Crippen molar-refractivity contribution < 1.29 is 10.2 Å². The summed E-state index contributed by atoms with van der Waals surface area (Å²) in [5, 5.41) is 22.0. The molecular formula is C24H20N4O2. The van der Waals surface area contributed by atoms with Gasteiger partial charge in [0.2, 0.25) is 0 Å². The minimum Gasteiger partial charge on any atom is -0.507 e. The van der Waals surface area contributed by atoms with Gasteiger partial charge in [0.1, 0.15) is 23.3 Å². The van der Waals surface area contributed by atoms with Crippen molar-refractivity contribution in [2.75, 3.05) is 0 Å². The molecule has 0 aliphatic rings. The van der Waals surface area contributed by atoms with Crippen LogP contribution in [0.1, 0.15) is 17.5 Å². The van der Waals surface area contributed by atoms with Gasteiger partial charge in [-0.2, -0.15) is 0 Å². The van der Waals surface area contributed by atoms with E-state index in [1.807, 2.05) is 66.5 Å². The number of phenols is 1. The number of imidazole rings is 1. The van der Waals surface area contributed by atoms with Crippen molar-refractivity contribution in [1.82, 2.24) is 19.5 Å². The number of aromatic amines is 1. The second-order valence-electron chi connectivity index (χ2n) is 7.26. The van der Waals surface area contributed by atoms with Crippen LogP contribution >= 0.6 is 0 Å². The topological polar surface area (TPSA) is 87.0 Å². The molecule has 1 unspecified atom stereocenters. The Morgan fingerprint density at radius 2 is 1.83 bits per heavy atom. The number of aliphatic hydroxyl groups excluding tert-OH is 1. The van der Waals surface area contributed by atoms with Crippen molar-refractivity contribution in [1.29, 1.82) is 0 Å². The molecule has 3 aromatic heterocycles. The smallest absolute Gasteiger partial charge is 0.142 e. The summed E-state index contributed by atoms with van der Waals surface area (Å²) in [7, 11) is 1.86. The summed E-state index contributed by atoms with van der Waals surface area (Å²) in [6, 6.07) is 17.1. The number of H-pyrrole nitrogens is 1. The van der Waals surface area contributed by atoms with E-state index in [0.29, 0.717) is 5.82 Å². The highest BCUT2D eigenvalue weighted by Crippen LogP contribution is 2.35. The second kappa shape index (κ2) is 7.17. The third-order valence-electron chi connectivity index (χ3n) is 5.36. The molecule has 6 heteroatoms. The Balaban J connectivity index is 1.58. The van der Waals surface area contributed by atoms with E-state index in [0.717, 1.165) is 38.9 Å². The van der Waals surface area contributed by atoms with Gasteiger partial charge in [0.25, 0.3) is 0 Å². The molecule has 0 saturated carbocycles. The minimum absolute atomic E-state index is 0.226. The third-order valence-corrected chi connectivity index (χ3v) is 5.36. The number of para-hydroxylation sites is 1. The maximum absolute atomic E-state index is 10.8. The van der Waals surface area contributed by atoms with E-state index in [-0.39, 0.29) is 5.75 Å². The van der Waals surface area contributed by atoms with Crippen LogP contribution < -0.4 is 0 Å². The molecule has 0 fully saturated rings. The Hall–Kier alpha value is -3.90. The van der Waals surface area contributed by atoms with Gasteiger partial charge in [-0.15, -0.1) is 0 Å². The normalized spacial score (nSPS) is 12.3. The maximum atomic E-state index is 10.8. The van der Waals surface area contributed by atoms with Crippen molar-refractivity contribution in [3.8, 4) is 28.0 Å². The lowest BCUT2D eigenvalue weighted by Gasteiger charge is -2.12. The number of aliphatic hydroxyl groups is 1. The van der Waals surface area contributed by atoms with Crippen LogP contribution in [-0.4, -0.2) is 29.7 Å². The number of aromatic hydroxyl groups is 1. The first-order valence-electron chi connectivity index (χ1n) is 9.63. The van der Waals surface area contributed by atoms with Crippen LogP contribution in [0.4, 0.5) is 0 Å². The van der Waals surface area contributed by atoms with Gasteiger partial charge in [0.05, 0.1) is 0 Å². The zero-order valence-electron chi connectivity index (χ0n) is 16.3.